The van der Waals surface area contributed by atoms with Gasteiger partial charge in [-0.1, -0.05) is 0 Å². The molecule has 3 aliphatic heterocycles. The quantitative estimate of drug-likeness (QED) is 0.813. The first kappa shape index (κ1) is 14.6. The highest BCUT2D eigenvalue weighted by Gasteiger charge is 2.36. The number of aromatic nitrogens is 2. The van der Waals surface area contributed by atoms with E-state index in [-0.39, 0.29) is 0 Å². The molecule has 6 nitrogen and oxygen atoms in total. The van der Waals surface area contributed by atoms with E-state index in [2.05, 4.69) is 19.8 Å². The number of nitrogens with zero attached hydrogens (tertiary/aromatic N) is 5. The maximum atomic E-state index is 12.3. The third-order valence-electron chi connectivity index (χ3n) is 6.11. The zero-order chi connectivity index (χ0) is 16.1. The third-order valence-corrected chi connectivity index (χ3v) is 6.11. The van der Waals surface area contributed by atoms with Crippen LogP contribution in [0.5, 0.6) is 0 Å². The van der Waals surface area contributed by atoms with Crippen LogP contribution < -0.4 is 4.90 Å². The number of carbonyl (C=O) groups is 1. The molecule has 1 aromatic rings. The van der Waals surface area contributed by atoms with Gasteiger partial charge >= 0.3 is 0 Å². The summed E-state index contributed by atoms with van der Waals surface area (Å²) in [4.78, 5) is 28.6. The summed E-state index contributed by atoms with van der Waals surface area (Å²) >= 11 is 0. The van der Waals surface area contributed by atoms with Crippen molar-refractivity contribution in [3.63, 3.8) is 0 Å². The molecule has 1 saturated carbocycles. The Bertz CT molecular complexity index is 659. The molecular weight excluding hydrogens is 302 g/mol. The van der Waals surface area contributed by atoms with Gasteiger partial charge in [0.1, 0.15) is 12.1 Å². The Morgan fingerprint density at radius 1 is 1.08 bits per heavy atom. The second kappa shape index (κ2) is 5.69. The lowest BCUT2D eigenvalue weighted by atomic mass is 10.0. The van der Waals surface area contributed by atoms with Crippen molar-refractivity contribution in [1.82, 2.24) is 19.8 Å². The van der Waals surface area contributed by atoms with Crippen molar-refractivity contribution in [3.8, 4) is 0 Å². The van der Waals surface area contributed by atoms with Crippen molar-refractivity contribution < 1.29 is 4.79 Å². The topological polar surface area (TPSA) is 52.6 Å². The summed E-state index contributed by atoms with van der Waals surface area (Å²) in [6, 6.07) is 0.695. The monoisotopic (exact) mass is 327 g/mol. The van der Waals surface area contributed by atoms with E-state index in [0.717, 1.165) is 57.0 Å². The SMILES string of the molecule is O=C(C1CC1)N1CCc2c(ncnc2N2CCN3CCC[C@@H]3C2)C1. The van der Waals surface area contributed by atoms with E-state index in [9.17, 15) is 4.79 Å². The molecule has 1 aliphatic carbocycles. The molecular formula is C18H25N5O. The van der Waals surface area contributed by atoms with Gasteiger partial charge in [-0.25, -0.2) is 9.97 Å². The number of fused-ring (bicyclic) bond motifs is 2. The van der Waals surface area contributed by atoms with Crippen LogP contribution in [0.3, 0.4) is 0 Å². The molecule has 3 fully saturated rings. The maximum Gasteiger partial charge on any atom is 0.226 e. The van der Waals surface area contributed by atoms with Crippen LogP contribution in [0.1, 0.15) is 36.9 Å². The normalized spacial score (nSPS) is 27.1. The van der Waals surface area contributed by atoms with Crippen LogP contribution in [-0.2, 0) is 17.8 Å². The van der Waals surface area contributed by atoms with E-state index in [4.69, 9.17) is 0 Å². The van der Waals surface area contributed by atoms with Gasteiger partial charge in [0, 0.05) is 43.7 Å². The van der Waals surface area contributed by atoms with Crippen LogP contribution in [0.15, 0.2) is 6.33 Å². The molecule has 0 spiro atoms. The Balaban J connectivity index is 1.37. The average Bonchev–Trinajstić information content (AvgIpc) is 3.37. The van der Waals surface area contributed by atoms with Crippen molar-refractivity contribution in [2.24, 2.45) is 5.92 Å². The van der Waals surface area contributed by atoms with E-state index in [1.807, 2.05) is 4.90 Å². The van der Waals surface area contributed by atoms with Gasteiger partial charge < -0.3 is 9.80 Å². The summed E-state index contributed by atoms with van der Waals surface area (Å²) in [5.74, 6) is 1.76. The van der Waals surface area contributed by atoms with Gasteiger partial charge in [0.2, 0.25) is 5.91 Å². The Kier molecular flexibility index (Phi) is 3.47. The van der Waals surface area contributed by atoms with Crippen LogP contribution >= 0.6 is 0 Å². The van der Waals surface area contributed by atoms with Crippen LogP contribution in [0, 0.1) is 5.92 Å². The second-order valence-electron chi connectivity index (χ2n) is 7.68. The lowest BCUT2D eigenvalue weighted by Gasteiger charge is -2.39. The van der Waals surface area contributed by atoms with E-state index in [1.54, 1.807) is 6.33 Å². The molecule has 6 heteroatoms. The molecule has 0 aromatic carbocycles. The summed E-state index contributed by atoms with van der Waals surface area (Å²) in [6.07, 6.45) is 7.38. The minimum atomic E-state index is 0.295. The Morgan fingerprint density at radius 2 is 2.00 bits per heavy atom. The highest BCUT2D eigenvalue weighted by Crippen LogP contribution is 2.34. The standard InChI is InChI=1S/C18H25N5O/c24-18(13-3-4-13)23-7-5-15-16(11-23)19-12-20-17(15)22-9-8-21-6-1-2-14(21)10-22/h12-14H,1-11H2/t14-/m1/s1. The van der Waals surface area contributed by atoms with Gasteiger partial charge in [-0.15, -0.1) is 0 Å². The summed E-state index contributed by atoms with van der Waals surface area (Å²) in [5.41, 5.74) is 2.35. The number of piperazine rings is 1. The van der Waals surface area contributed by atoms with Crippen LogP contribution in [0.4, 0.5) is 5.82 Å². The number of anilines is 1. The highest BCUT2D eigenvalue weighted by atomic mass is 16.2. The Hall–Kier alpha value is -1.69. The smallest absolute Gasteiger partial charge is 0.226 e. The van der Waals surface area contributed by atoms with Gasteiger partial charge in [0.05, 0.1) is 12.2 Å². The largest absolute Gasteiger partial charge is 0.353 e. The molecule has 0 bridgehead atoms. The molecule has 0 N–H and O–H groups in total. The lowest BCUT2D eigenvalue weighted by molar-refractivity contribution is -0.133. The molecule has 1 atom stereocenters. The van der Waals surface area contributed by atoms with Crippen LogP contribution in [0.2, 0.25) is 0 Å². The first-order valence-electron chi connectivity index (χ1n) is 9.40. The van der Waals surface area contributed by atoms with Gasteiger partial charge in [0.25, 0.3) is 0 Å². The molecule has 0 unspecified atom stereocenters. The van der Waals surface area contributed by atoms with Gasteiger partial charge in [-0.2, -0.15) is 0 Å². The molecule has 1 aromatic heterocycles. The Morgan fingerprint density at radius 3 is 2.88 bits per heavy atom. The van der Waals surface area contributed by atoms with E-state index >= 15 is 0 Å². The van der Waals surface area contributed by atoms with Crippen molar-refractivity contribution >= 4 is 11.7 Å². The summed E-state index contributed by atoms with van der Waals surface area (Å²) < 4.78 is 0. The molecule has 0 radical (unpaired) electrons. The van der Waals surface area contributed by atoms with Gasteiger partial charge in [-0.05, 0) is 38.6 Å². The van der Waals surface area contributed by atoms with E-state index in [0.29, 0.717) is 24.4 Å². The molecule has 24 heavy (non-hydrogen) atoms. The summed E-state index contributed by atoms with van der Waals surface area (Å²) in [7, 11) is 0. The number of amides is 1. The van der Waals surface area contributed by atoms with Crippen molar-refractivity contribution in [1.29, 1.82) is 0 Å². The van der Waals surface area contributed by atoms with Gasteiger partial charge in [-0.3, -0.25) is 9.69 Å². The van der Waals surface area contributed by atoms with Crippen molar-refractivity contribution in [2.75, 3.05) is 37.6 Å². The summed E-state index contributed by atoms with van der Waals surface area (Å²) in [6.45, 7) is 6.06. The lowest BCUT2D eigenvalue weighted by Crippen LogP contribution is -2.51. The minimum absolute atomic E-state index is 0.295. The summed E-state index contributed by atoms with van der Waals surface area (Å²) in [5, 5.41) is 0. The zero-order valence-electron chi connectivity index (χ0n) is 14.2. The van der Waals surface area contributed by atoms with E-state index in [1.165, 1.54) is 24.9 Å². The minimum Gasteiger partial charge on any atom is -0.353 e. The maximum absolute atomic E-state index is 12.3. The van der Waals surface area contributed by atoms with Gasteiger partial charge in [0.15, 0.2) is 0 Å². The average molecular weight is 327 g/mol. The molecule has 5 rings (SSSR count). The fourth-order valence-electron chi connectivity index (χ4n) is 4.57. The number of rotatable bonds is 2. The van der Waals surface area contributed by atoms with E-state index < -0.39 is 0 Å². The molecule has 1 amide bonds. The second-order valence-corrected chi connectivity index (χ2v) is 7.68. The fraction of sp³-hybridized carbons (Fsp3) is 0.722. The number of hydrogen-bond donors (Lipinski definition) is 0. The molecule has 2 saturated heterocycles. The van der Waals surface area contributed by atoms with Crippen LogP contribution in [-0.4, -0.2) is 64.4 Å². The predicted octanol–water partition coefficient (Wildman–Crippen LogP) is 1.06. The predicted molar refractivity (Wildman–Crippen MR) is 90.7 cm³/mol. The molecule has 4 aliphatic rings. The van der Waals surface area contributed by atoms with Crippen molar-refractivity contribution in [2.45, 2.75) is 44.7 Å². The number of carbonyl (C=O) groups excluding carboxylic acids is 1. The zero-order valence-corrected chi connectivity index (χ0v) is 14.2. The molecule has 128 valence electrons. The Labute approximate surface area is 142 Å². The fourth-order valence-corrected chi connectivity index (χ4v) is 4.57. The van der Waals surface area contributed by atoms with Crippen LogP contribution in [0.25, 0.3) is 0 Å². The van der Waals surface area contributed by atoms with Crippen molar-refractivity contribution in [3.05, 3.63) is 17.6 Å². The number of hydrogen-bond acceptors (Lipinski definition) is 5. The highest BCUT2D eigenvalue weighted by molar-refractivity contribution is 5.81. The first-order valence-corrected chi connectivity index (χ1v) is 9.40. The third kappa shape index (κ3) is 2.48. The first-order chi connectivity index (χ1) is 11.8. The molecule has 4 heterocycles.